The zero-order valence-corrected chi connectivity index (χ0v) is 11.2. The normalized spacial score (nSPS) is 16.6. The molecule has 0 saturated carbocycles. The highest BCUT2D eigenvalue weighted by molar-refractivity contribution is 5.98. The fourth-order valence-corrected chi connectivity index (χ4v) is 2.54. The molecule has 1 aromatic carbocycles. The van der Waals surface area contributed by atoms with Gasteiger partial charge in [0, 0.05) is 44.7 Å². The van der Waals surface area contributed by atoms with Crippen molar-refractivity contribution in [2.45, 2.75) is 6.42 Å². The van der Waals surface area contributed by atoms with Crippen molar-refractivity contribution >= 4 is 16.8 Å². The van der Waals surface area contributed by atoms with Crippen LogP contribution in [0.1, 0.15) is 16.8 Å². The summed E-state index contributed by atoms with van der Waals surface area (Å²) in [5, 5.41) is 3.29. The number of Topliss-reactive ketones (excluding diaryl/α,β-unsaturated/α-hetero) is 1. The van der Waals surface area contributed by atoms with Gasteiger partial charge >= 0.3 is 5.69 Å². The number of piperazine rings is 1. The fourth-order valence-electron chi connectivity index (χ4n) is 2.54. The molecule has 20 heavy (non-hydrogen) atoms. The lowest BCUT2D eigenvalue weighted by Gasteiger charge is -2.26. The maximum atomic E-state index is 12.2. The van der Waals surface area contributed by atoms with Gasteiger partial charge in [-0.3, -0.25) is 4.79 Å². The summed E-state index contributed by atoms with van der Waals surface area (Å²) in [4.78, 5) is 31.0. The zero-order chi connectivity index (χ0) is 13.9. The predicted octanol–water partition coefficient (Wildman–Crippen LogP) is 0.334. The Morgan fingerprint density at radius 1 is 1.15 bits per heavy atom. The number of hydrogen-bond acceptors (Lipinski definition) is 4. The number of imidazole rings is 1. The number of ketones is 1. The molecule has 0 bridgehead atoms. The first kappa shape index (κ1) is 13.1. The minimum absolute atomic E-state index is 0.118. The quantitative estimate of drug-likeness (QED) is 0.702. The first-order valence-electron chi connectivity index (χ1n) is 6.91. The standard InChI is InChI=1S/C14H18N4O2/c19-13(3-6-18-7-4-15-5-8-18)10-1-2-11-12(9-10)17-14(20)16-11/h1-2,9,15H,3-8H2,(H2,16,17,20). The van der Waals surface area contributed by atoms with E-state index in [9.17, 15) is 9.59 Å². The van der Waals surface area contributed by atoms with Crippen LogP contribution in [-0.2, 0) is 0 Å². The van der Waals surface area contributed by atoms with Crippen LogP contribution in [0.3, 0.4) is 0 Å². The van der Waals surface area contributed by atoms with Gasteiger partial charge in [-0.25, -0.2) is 4.79 Å². The number of aromatic nitrogens is 2. The van der Waals surface area contributed by atoms with Crippen LogP contribution in [0.15, 0.2) is 23.0 Å². The number of aromatic amines is 2. The monoisotopic (exact) mass is 274 g/mol. The molecule has 0 radical (unpaired) electrons. The van der Waals surface area contributed by atoms with E-state index in [0.29, 0.717) is 17.5 Å². The fraction of sp³-hybridized carbons (Fsp3) is 0.429. The summed E-state index contributed by atoms with van der Waals surface area (Å²) in [6, 6.07) is 5.28. The van der Waals surface area contributed by atoms with Gasteiger partial charge in [-0.15, -0.1) is 0 Å². The van der Waals surface area contributed by atoms with E-state index in [2.05, 4.69) is 20.2 Å². The number of benzene rings is 1. The van der Waals surface area contributed by atoms with Crippen LogP contribution < -0.4 is 11.0 Å². The van der Waals surface area contributed by atoms with Crippen molar-refractivity contribution in [2.75, 3.05) is 32.7 Å². The first-order valence-corrected chi connectivity index (χ1v) is 6.91. The molecular formula is C14H18N4O2. The van der Waals surface area contributed by atoms with Crippen molar-refractivity contribution in [3.8, 4) is 0 Å². The molecule has 1 fully saturated rings. The molecule has 0 amide bonds. The summed E-state index contributed by atoms with van der Waals surface area (Å²) in [5.74, 6) is 0.118. The molecule has 1 aromatic heterocycles. The molecule has 2 aromatic rings. The Bertz CT molecular complexity index is 667. The lowest BCUT2D eigenvalue weighted by Crippen LogP contribution is -2.44. The van der Waals surface area contributed by atoms with E-state index in [1.54, 1.807) is 18.2 Å². The van der Waals surface area contributed by atoms with E-state index in [1.807, 2.05) is 0 Å². The second kappa shape index (κ2) is 5.60. The molecule has 2 heterocycles. The number of fused-ring (bicyclic) bond motifs is 1. The summed E-state index contributed by atoms with van der Waals surface area (Å²) in [7, 11) is 0. The average molecular weight is 274 g/mol. The highest BCUT2D eigenvalue weighted by atomic mass is 16.1. The number of nitrogens with one attached hydrogen (secondary N) is 3. The van der Waals surface area contributed by atoms with Crippen LogP contribution in [0.4, 0.5) is 0 Å². The molecule has 0 atom stereocenters. The molecule has 1 saturated heterocycles. The second-order valence-corrected chi connectivity index (χ2v) is 5.10. The smallest absolute Gasteiger partial charge is 0.314 e. The third-order valence-electron chi connectivity index (χ3n) is 3.70. The van der Waals surface area contributed by atoms with Crippen molar-refractivity contribution in [1.29, 1.82) is 0 Å². The highest BCUT2D eigenvalue weighted by Crippen LogP contribution is 2.12. The van der Waals surface area contributed by atoms with Crippen LogP contribution in [0, 0.1) is 0 Å². The van der Waals surface area contributed by atoms with Gasteiger partial charge in [0.25, 0.3) is 0 Å². The van der Waals surface area contributed by atoms with Gasteiger partial charge in [0.15, 0.2) is 5.78 Å². The van der Waals surface area contributed by atoms with E-state index in [-0.39, 0.29) is 11.5 Å². The summed E-state index contributed by atoms with van der Waals surface area (Å²) >= 11 is 0. The Balaban J connectivity index is 1.66. The van der Waals surface area contributed by atoms with Crippen molar-refractivity contribution in [1.82, 2.24) is 20.2 Å². The maximum Gasteiger partial charge on any atom is 0.323 e. The summed E-state index contributed by atoms with van der Waals surface area (Å²) in [5.41, 5.74) is 1.82. The lowest BCUT2D eigenvalue weighted by atomic mass is 10.1. The van der Waals surface area contributed by atoms with Gasteiger partial charge < -0.3 is 20.2 Å². The van der Waals surface area contributed by atoms with E-state index in [4.69, 9.17) is 0 Å². The number of H-pyrrole nitrogens is 2. The van der Waals surface area contributed by atoms with Crippen molar-refractivity contribution in [2.24, 2.45) is 0 Å². The lowest BCUT2D eigenvalue weighted by molar-refractivity contribution is 0.0961. The molecule has 0 spiro atoms. The third kappa shape index (κ3) is 2.81. The van der Waals surface area contributed by atoms with E-state index < -0.39 is 0 Å². The van der Waals surface area contributed by atoms with Gasteiger partial charge in [-0.1, -0.05) is 0 Å². The van der Waals surface area contributed by atoms with Crippen LogP contribution in [-0.4, -0.2) is 53.4 Å². The van der Waals surface area contributed by atoms with Gasteiger partial charge in [0.1, 0.15) is 0 Å². The number of hydrogen-bond donors (Lipinski definition) is 3. The van der Waals surface area contributed by atoms with Crippen LogP contribution in [0.5, 0.6) is 0 Å². The van der Waals surface area contributed by atoms with Crippen molar-refractivity contribution in [3.05, 3.63) is 34.2 Å². The predicted molar refractivity (Wildman–Crippen MR) is 77.2 cm³/mol. The number of rotatable bonds is 4. The Morgan fingerprint density at radius 2 is 1.90 bits per heavy atom. The average Bonchev–Trinajstić information content (AvgIpc) is 2.85. The second-order valence-electron chi connectivity index (χ2n) is 5.10. The maximum absolute atomic E-state index is 12.2. The van der Waals surface area contributed by atoms with Crippen molar-refractivity contribution < 1.29 is 4.79 Å². The SMILES string of the molecule is O=C(CCN1CCNCC1)c1ccc2[nH]c(=O)[nH]c2c1. The molecule has 3 N–H and O–H groups in total. The topological polar surface area (TPSA) is 81.0 Å². The number of carbonyl (C=O) groups excluding carboxylic acids is 1. The van der Waals surface area contributed by atoms with Gasteiger partial charge in [0.2, 0.25) is 0 Å². The Morgan fingerprint density at radius 3 is 2.70 bits per heavy atom. The van der Waals surface area contributed by atoms with E-state index in [1.165, 1.54) is 0 Å². The zero-order valence-electron chi connectivity index (χ0n) is 11.2. The minimum atomic E-state index is -0.245. The van der Waals surface area contributed by atoms with Crippen LogP contribution >= 0.6 is 0 Å². The Labute approximate surface area is 116 Å². The molecule has 0 aliphatic carbocycles. The summed E-state index contributed by atoms with van der Waals surface area (Å²) in [6.45, 7) is 4.77. The van der Waals surface area contributed by atoms with Crippen LogP contribution in [0.25, 0.3) is 11.0 Å². The van der Waals surface area contributed by atoms with E-state index in [0.717, 1.165) is 38.2 Å². The molecule has 6 nitrogen and oxygen atoms in total. The molecule has 0 unspecified atom stereocenters. The third-order valence-corrected chi connectivity index (χ3v) is 3.70. The molecular weight excluding hydrogens is 256 g/mol. The highest BCUT2D eigenvalue weighted by Gasteiger charge is 2.13. The summed E-state index contributed by atoms with van der Waals surface area (Å²) in [6.07, 6.45) is 0.514. The molecule has 6 heteroatoms. The van der Waals surface area contributed by atoms with Gasteiger partial charge in [0.05, 0.1) is 11.0 Å². The number of carbonyl (C=O) groups is 1. The Kier molecular flexibility index (Phi) is 3.66. The van der Waals surface area contributed by atoms with Crippen LogP contribution in [0.2, 0.25) is 0 Å². The molecule has 3 rings (SSSR count). The van der Waals surface area contributed by atoms with Crippen molar-refractivity contribution in [3.63, 3.8) is 0 Å². The molecule has 1 aliphatic rings. The molecule has 106 valence electrons. The number of nitrogens with zero attached hydrogens (tertiary/aromatic N) is 1. The largest absolute Gasteiger partial charge is 0.323 e. The molecule has 1 aliphatic heterocycles. The van der Waals surface area contributed by atoms with Gasteiger partial charge in [-0.05, 0) is 18.2 Å². The van der Waals surface area contributed by atoms with Gasteiger partial charge in [-0.2, -0.15) is 0 Å². The van der Waals surface area contributed by atoms with E-state index >= 15 is 0 Å². The summed E-state index contributed by atoms with van der Waals surface area (Å²) < 4.78 is 0. The Hall–Kier alpha value is -1.92. The minimum Gasteiger partial charge on any atom is -0.314 e. The first-order chi connectivity index (χ1) is 9.72.